The van der Waals surface area contributed by atoms with Crippen molar-refractivity contribution in [3.05, 3.63) is 85.5 Å². The third-order valence-electron chi connectivity index (χ3n) is 10.1. The number of nitrogens with one attached hydrogen (secondary N) is 1. The van der Waals surface area contributed by atoms with Gasteiger partial charge in [-0.1, -0.05) is 49.4 Å². The van der Waals surface area contributed by atoms with Gasteiger partial charge in [-0.2, -0.15) is 0 Å². The van der Waals surface area contributed by atoms with Crippen LogP contribution in [0.2, 0.25) is 0 Å². The first-order chi connectivity index (χ1) is 23.6. The van der Waals surface area contributed by atoms with E-state index in [1.807, 2.05) is 37.3 Å². The van der Waals surface area contributed by atoms with Gasteiger partial charge < -0.3 is 34.4 Å². The topological polar surface area (TPSA) is 135 Å². The molecule has 2 bridgehead atoms. The fraction of sp³-hybridized carbons (Fsp3) is 0.474. The summed E-state index contributed by atoms with van der Waals surface area (Å²) in [5.74, 6) is -3.00. The molecule has 0 saturated carbocycles. The minimum atomic E-state index is -1.30. The summed E-state index contributed by atoms with van der Waals surface area (Å²) in [5, 5.41) is 13.4. The van der Waals surface area contributed by atoms with E-state index < -0.39 is 59.6 Å². The van der Waals surface area contributed by atoms with Crippen LogP contribution in [0.1, 0.15) is 57.6 Å². The van der Waals surface area contributed by atoms with E-state index in [0.29, 0.717) is 42.7 Å². The quantitative estimate of drug-likeness (QED) is 0.201. The van der Waals surface area contributed by atoms with E-state index in [2.05, 4.69) is 18.5 Å². The summed E-state index contributed by atoms with van der Waals surface area (Å²) in [7, 11) is 1.56. The van der Waals surface area contributed by atoms with Crippen LogP contribution >= 0.6 is 0 Å². The zero-order valence-electron chi connectivity index (χ0n) is 28.5. The van der Waals surface area contributed by atoms with E-state index in [4.69, 9.17) is 14.2 Å². The monoisotopic (exact) mass is 673 g/mol. The number of aliphatic hydroxyl groups excluding tert-OH is 1. The number of nitrogens with zero attached hydrogens (tertiary/aromatic N) is 2. The highest BCUT2D eigenvalue weighted by molar-refractivity contribution is 6.05. The molecule has 1 spiro atoms. The van der Waals surface area contributed by atoms with E-state index >= 15 is 0 Å². The lowest BCUT2D eigenvalue weighted by Gasteiger charge is -2.39. The van der Waals surface area contributed by atoms with Crippen molar-refractivity contribution in [2.75, 3.05) is 25.2 Å². The van der Waals surface area contributed by atoms with Crippen LogP contribution in [-0.2, 0) is 28.7 Å². The van der Waals surface area contributed by atoms with Crippen molar-refractivity contribution in [2.45, 2.75) is 81.9 Å². The summed E-state index contributed by atoms with van der Waals surface area (Å²) in [4.78, 5) is 59.2. The number of aliphatic hydroxyl groups is 1. The van der Waals surface area contributed by atoms with Crippen LogP contribution < -0.4 is 15.0 Å². The Morgan fingerprint density at radius 1 is 1.14 bits per heavy atom. The third-order valence-corrected chi connectivity index (χ3v) is 10.1. The van der Waals surface area contributed by atoms with Crippen molar-refractivity contribution >= 4 is 29.4 Å². The third kappa shape index (κ3) is 6.74. The van der Waals surface area contributed by atoms with Gasteiger partial charge in [0.05, 0.1) is 43.7 Å². The van der Waals surface area contributed by atoms with E-state index in [9.17, 15) is 24.3 Å². The first kappa shape index (κ1) is 35.8. The van der Waals surface area contributed by atoms with Gasteiger partial charge >= 0.3 is 5.97 Å². The number of anilines is 1. The zero-order valence-corrected chi connectivity index (χ0v) is 28.5. The zero-order chi connectivity index (χ0) is 35.3. The molecular formula is C38H47N3O8. The Balaban J connectivity index is 1.49. The first-order valence-corrected chi connectivity index (χ1v) is 17.0. The highest BCUT2D eigenvalue weighted by Crippen LogP contribution is 2.59. The maximum Gasteiger partial charge on any atom is 0.313 e. The number of likely N-dealkylation sites (tertiary alicyclic amines) is 1. The molecule has 2 N–H and O–H groups in total. The average Bonchev–Trinajstić information content (AvgIpc) is 3.77. The van der Waals surface area contributed by atoms with Gasteiger partial charge in [0.2, 0.25) is 11.8 Å². The minimum Gasteiger partial charge on any atom is -0.497 e. The van der Waals surface area contributed by atoms with Crippen molar-refractivity contribution in [1.82, 2.24) is 10.2 Å². The van der Waals surface area contributed by atoms with Gasteiger partial charge in [0.25, 0.3) is 5.91 Å². The second-order valence-electron chi connectivity index (χ2n) is 12.9. The molecule has 3 heterocycles. The number of esters is 1. The lowest BCUT2D eigenvalue weighted by Crippen LogP contribution is -2.59. The van der Waals surface area contributed by atoms with Crippen molar-refractivity contribution < 1.29 is 38.5 Å². The number of fused-ring (bicyclic) bond motifs is 1. The van der Waals surface area contributed by atoms with Gasteiger partial charge in [0.1, 0.15) is 23.5 Å². The summed E-state index contributed by atoms with van der Waals surface area (Å²) in [6.07, 6.45) is 3.75. The summed E-state index contributed by atoms with van der Waals surface area (Å²) < 4.78 is 18.2. The molecule has 0 aromatic heterocycles. The van der Waals surface area contributed by atoms with E-state index in [0.717, 1.165) is 0 Å². The number of allylic oxidation sites excluding steroid dienone is 1. The Morgan fingerprint density at radius 2 is 1.86 bits per heavy atom. The van der Waals surface area contributed by atoms with Gasteiger partial charge in [-0.05, 0) is 62.4 Å². The molecule has 0 unspecified atom stereocenters. The number of methoxy groups -OCH3 is 1. The molecule has 11 heteroatoms. The predicted molar refractivity (Wildman–Crippen MR) is 183 cm³/mol. The standard InChI is InChI=1S/C38H47N3O8/c1-6-9-15-30(43)39-24(4)33(25-13-11-10-12-14-25)48-37(46)31-29-20-21-38(49-29)32(31)35(44)41(26(8-3)23-42)34(38)36(45)40(22-7-2)27-16-18-28(47-5)19-17-27/h6-7,10-14,16-19,24,26,29,31-34,42H,1-2,8-9,15,20-23H2,3-5H3,(H,39,43)/t24-,26+,29-,31+,32+,33-,34-,38+/m1/s1. The molecule has 49 heavy (non-hydrogen) atoms. The van der Waals surface area contributed by atoms with Crippen LogP contribution in [0.15, 0.2) is 79.9 Å². The fourth-order valence-electron chi connectivity index (χ4n) is 7.75. The van der Waals surface area contributed by atoms with Crippen molar-refractivity contribution in [2.24, 2.45) is 11.8 Å². The summed E-state index contributed by atoms with van der Waals surface area (Å²) in [6.45, 7) is 10.9. The minimum absolute atomic E-state index is 0.157. The second-order valence-corrected chi connectivity index (χ2v) is 12.9. The molecule has 2 aromatic rings. The fourth-order valence-corrected chi connectivity index (χ4v) is 7.75. The molecule has 3 amide bonds. The van der Waals surface area contributed by atoms with Crippen molar-refractivity contribution in [1.29, 1.82) is 0 Å². The summed E-state index contributed by atoms with van der Waals surface area (Å²) in [5.41, 5.74) is -0.0400. The molecule has 0 aliphatic carbocycles. The van der Waals surface area contributed by atoms with Gasteiger partial charge in [-0.15, -0.1) is 13.2 Å². The number of hydrogen-bond donors (Lipinski definition) is 2. The maximum absolute atomic E-state index is 14.7. The Labute approximate surface area is 287 Å². The predicted octanol–water partition coefficient (Wildman–Crippen LogP) is 4.12. The number of ether oxygens (including phenoxy) is 3. The van der Waals surface area contributed by atoms with Crippen LogP contribution in [0.5, 0.6) is 5.75 Å². The number of carbonyl (C=O) groups excluding carboxylic acids is 4. The molecule has 3 aliphatic heterocycles. The summed E-state index contributed by atoms with van der Waals surface area (Å²) in [6, 6.07) is 13.8. The Bertz CT molecular complexity index is 1530. The molecule has 3 fully saturated rings. The summed E-state index contributed by atoms with van der Waals surface area (Å²) >= 11 is 0. The molecule has 3 aliphatic rings. The van der Waals surface area contributed by atoms with Crippen LogP contribution in [0.3, 0.4) is 0 Å². The molecule has 8 atom stereocenters. The van der Waals surface area contributed by atoms with E-state index in [1.165, 1.54) is 4.90 Å². The number of rotatable bonds is 16. The first-order valence-electron chi connectivity index (χ1n) is 17.0. The molecular weight excluding hydrogens is 626 g/mol. The maximum atomic E-state index is 14.7. The molecule has 5 rings (SSSR count). The van der Waals surface area contributed by atoms with Crippen molar-refractivity contribution in [3.63, 3.8) is 0 Å². The second kappa shape index (κ2) is 15.4. The van der Waals surface area contributed by atoms with Gasteiger partial charge in [-0.3, -0.25) is 19.2 Å². The van der Waals surface area contributed by atoms with Crippen LogP contribution in [0, 0.1) is 11.8 Å². The van der Waals surface area contributed by atoms with Crippen LogP contribution in [0.25, 0.3) is 0 Å². The average molecular weight is 674 g/mol. The Morgan fingerprint density at radius 3 is 2.47 bits per heavy atom. The van der Waals surface area contributed by atoms with Crippen LogP contribution in [0.4, 0.5) is 5.69 Å². The van der Waals surface area contributed by atoms with E-state index in [-0.39, 0.29) is 31.4 Å². The normalized spacial score (nSPS) is 25.6. The van der Waals surface area contributed by atoms with E-state index in [1.54, 1.807) is 55.4 Å². The number of benzene rings is 2. The lowest BCUT2D eigenvalue weighted by molar-refractivity contribution is -0.162. The number of amides is 3. The smallest absolute Gasteiger partial charge is 0.313 e. The largest absolute Gasteiger partial charge is 0.497 e. The SMILES string of the molecule is C=CCCC(=O)N[C@H](C)[C@@H](OC(=O)[C@@H]1[C@H]2C(=O)N([C@@H](CC)CO)[C@H](C(=O)N(CC=C)c3ccc(OC)cc3)[C@]23CC[C@H]1O3)c1ccccc1. The number of hydrogen-bond acceptors (Lipinski definition) is 8. The lowest BCUT2D eigenvalue weighted by atomic mass is 9.70. The molecule has 2 aromatic carbocycles. The highest BCUT2D eigenvalue weighted by atomic mass is 16.6. The van der Waals surface area contributed by atoms with Gasteiger partial charge in [-0.25, -0.2) is 0 Å². The van der Waals surface area contributed by atoms with Crippen LogP contribution in [-0.4, -0.2) is 83.8 Å². The van der Waals surface area contributed by atoms with Gasteiger partial charge in [0.15, 0.2) is 0 Å². The van der Waals surface area contributed by atoms with Gasteiger partial charge in [0, 0.05) is 18.7 Å². The Hall–Kier alpha value is -4.48. The molecule has 3 saturated heterocycles. The molecule has 262 valence electrons. The number of carbonyl (C=O) groups is 4. The molecule has 0 radical (unpaired) electrons. The molecule has 11 nitrogen and oxygen atoms in total. The highest BCUT2D eigenvalue weighted by Gasteiger charge is 2.75. The Kier molecular flexibility index (Phi) is 11.2. The van der Waals surface area contributed by atoms with Crippen molar-refractivity contribution in [3.8, 4) is 5.75 Å².